The third-order valence-electron chi connectivity index (χ3n) is 2.05. The fourth-order valence-electron chi connectivity index (χ4n) is 1.20. The van der Waals surface area contributed by atoms with Crippen molar-refractivity contribution in [3.05, 3.63) is 35.4 Å². The Labute approximate surface area is 95.1 Å². The van der Waals surface area contributed by atoms with Crippen LogP contribution in [0.3, 0.4) is 0 Å². The van der Waals surface area contributed by atoms with Crippen molar-refractivity contribution < 1.29 is 22.1 Å². The molecule has 0 aliphatic rings. The van der Waals surface area contributed by atoms with E-state index in [0.29, 0.717) is 11.1 Å². The molecular formula is C10H12O5S. The normalized spacial score (nSPS) is 12.4. The Bertz CT molecular complexity index is 427. The first kappa shape index (κ1) is 12.7. The molecule has 0 N–H and O–H groups in total. The highest BCUT2D eigenvalue weighted by atomic mass is 32.2. The topological polar surface area (TPSA) is 69.7 Å². The van der Waals surface area contributed by atoms with Crippen LogP contribution in [0, 0.1) is 0 Å². The third kappa shape index (κ3) is 3.32. The van der Waals surface area contributed by atoms with E-state index < -0.39 is 23.1 Å². The molecule has 1 aromatic rings. The van der Waals surface area contributed by atoms with Crippen LogP contribution in [0.25, 0.3) is 0 Å². The van der Waals surface area contributed by atoms with E-state index in [1.807, 2.05) is 0 Å². The van der Waals surface area contributed by atoms with E-state index in [2.05, 4.69) is 8.92 Å². The summed E-state index contributed by atoms with van der Waals surface area (Å²) >= 11 is 0. The van der Waals surface area contributed by atoms with Crippen molar-refractivity contribution in [1.82, 2.24) is 0 Å². The molecule has 0 saturated heterocycles. The molecule has 0 aliphatic heterocycles. The number of ether oxygens (including phenoxy) is 1. The lowest BCUT2D eigenvalue weighted by Gasteiger charge is -2.08. The first-order valence-corrected chi connectivity index (χ1v) is 5.63. The average molecular weight is 244 g/mol. The van der Waals surface area contributed by atoms with Crippen molar-refractivity contribution in [2.24, 2.45) is 0 Å². The number of rotatable bonds is 4. The number of esters is 1. The standard InChI is InChI=1S/C10H12O5S/c1-7(15-16(12)13)8-3-5-9(6-4-8)10(11)14-2/h3-7,16H,1-2H3. The summed E-state index contributed by atoms with van der Waals surface area (Å²) in [4.78, 5) is 11.1. The van der Waals surface area contributed by atoms with Gasteiger partial charge in [0, 0.05) is 0 Å². The molecule has 0 saturated carbocycles. The molecule has 0 spiro atoms. The molecule has 16 heavy (non-hydrogen) atoms. The van der Waals surface area contributed by atoms with Gasteiger partial charge in [-0.2, -0.15) is 0 Å². The van der Waals surface area contributed by atoms with Crippen LogP contribution >= 0.6 is 0 Å². The van der Waals surface area contributed by atoms with E-state index in [1.54, 1.807) is 31.2 Å². The van der Waals surface area contributed by atoms with Crippen LogP contribution in [0.15, 0.2) is 24.3 Å². The zero-order valence-corrected chi connectivity index (χ0v) is 9.77. The van der Waals surface area contributed by atoms with E-state index in [4.69, 9.17) is 0 Å². The van der Waals surface area contributed by atoms with Crippen LogP contribution in [-0.4, -0.2) is 21.5 Å². The molecule has 88 valence electrons. The Balaban J connectivity index is 2.82. The number of hydrogen-bond donors (Lipinski definition) is 1. The maximum absolute atomic E-state index is 11.1. The molecule has 1 aromatic carbocycles. The predicted molar refractivity (Wildman–Crippen MR) is 57.6 cm³/mol. The second kappa shape index (κ2) is 5.62. The van der Waals surface area contributed by atoms with Gasteiger partial charge >= 0.3 is 5.97 Å². The summed E-state index contributed by atoms with van der Waals surface area (Å²) in [6.07, 6.45) is -0.562. The van der Waals surface area contributed by atoms with E-state index in [9.17, 15) is 13.2 Å². The molecule has 6 heteroatoms. The van der Waals surface area contributed by atoms with E-state index in [0.717, 1.165) is 0 Å². The molecule has 0 fully saturated rings. The second-order valence-corrected chi connectivity index (χ2v) is 3.74. The summed E-state index contributed by atoms with van der Waals surface area (Å²) < 4.78 is 29.8. The quantitative estimate of drug-likeness (QED) is 0.634. The Morgan fingerprint density at radius 2 is 1.81 bits per heavy atom. The van der Waals surface area contributed by atoms with Crippen LogP contribution in [0.2, 0.25) is 0 Å². The zero-order valence-electron chi connectivity index (χ0n) is 8.88. The lowest BCUT2D eigenvalue weighted by molar-refractivity contribution is 0.0600. The van der Waals surface area contributed by atoms with Gasteiger partial charge in [0.1, 0.15) is 0 Å². The predicted octanol–water partition coefficient (Wildman–Crippen LogP) is 1.08. The summed E-state index contributed by atoms with van der Waals surface area (Å²) in [7, 11) is -1.58. The number of carbonyl (C=O) groups excluding carboxylic acids is 1. The average Bonchev–Trinajstić information content (AvgIpc) is 2.27. The van der Waals surface area contributed by atoms with Crippen molar-refractivity contribution in [2.75, 3.05) is 7.11 Å². The maximum atomic E-state index is 11.1. The molecule has 0 aliphatic carbocycles. The van der Waals surface area contributed by atoms with Gasteiger partial charge in [-0.15, -0.1) is 0 Å². The smallest absolute Gasteiger partial charge is 0.337 e. The lowest BCUT2D eigenvalue weighted by atomic mass is 10.1. The molecule has 1 rings (SSSR count). The Kier molecular flexibility index (Phi) is 4.45. The minimum absolute atomic E-state index is 0.407. The molecular weight excluding hydrogens is 232 g/mol. The van der Waals surface area contributed by atoms with E-state index in [1.165, 1.54) is 7.11 Å². The lowest BCUT2D eigenvalue weighted by Crippen LogP contribution is -2.03. The number of hydrogen-bond acceptors (Lipinski definition) is 5. The third-order valence-corrected chi connectivity index (χ3v) is 2.53. The maximum Gasteiger partial charge on any atom is 0.337 e. The Hall–Kier alpha value is -1.40. The highest BCUT2D eigenvalue weighted by Gasteiger charge is 2.09. The van der Waals surface area contributed by atoms with Gasteiger partial charge in [0.25, 0.3) is 11.0 Å². The van der Waals surface area contributed by atoms with Crippen LogP contribution in [0.4, 0.5) is 0 Å². The highest BCUT2D eigenvalue weighted by Crippen LogP contribution is 2.17. The molecule has 0 heterocycles. The molecule has 0 bridgehead atoms. The van der Waals surface area contributed by atoms with Gasteiger partial charge in [0.2, 0.25) is 0 Å². The van der Waals surface area contributed by atoms with Crippen molar-refractivity contribution in [2.45, 2.75) is 13.0 Å². The SMILES string of the molecule is COC(=O)c1ccc(C(C)O[SH](=O)=O)cc1. The summed E-state index contributed by atoms with van der Waals surface area (Å²) in [5.74, 6) is -0.435. The molecule has 0 aromatic heterocycles. The molecule has 5 nitrogen and oxygen atoms in total. The van der Waals surface area contributed by atoms with Gasteiger partial charge in [-0.3, -0.25) is 4.18 Å². The monoisotopic (exact) mass is 244 g/mol. The first-order chi connectivity index (χ1) is 7.54. The fourth-order valence-corrected chi connectivity index (χ4v) is 1.58. The number of thiol groups is 1. The van der Waals surface area contributed by atoms with Crippen LogP contribution in [0.5, 0.6) is 0 Å². The van der Waals surface area contributed by atoms with Crippen LogP contribution in [-0.2, 0) is 19.9 Å². The fraction of sp³-hybridized carbons (Fsp3) is 0.300. The minimum atomic E-state index is -2.88. The van der Waals surface area contributed by atoms with Gasteiger partial charge < -0.3 is 4.74 Å². The largest absolute Gasteiger partial charge is 0.465 e. The van der Waals surface area contributed by atoms with Gasteiger partial charge in [0.15, 0.2) is 0 Å². The highest BCUT2D eigenvalue weighted by molar-refractivity contribution is 7.67. The number of methoxy groups -OCH3 is 1. The number of carbonyl (C=O) groups is 1. The van der Waals surface area contributed by atoms with Crippen molar-refractivity contribution in [1.29, 1.82) is 0 Å². The van der Waals surface area contributed by atoms with Gasteiger partial charge in [0.05, 0.1) is 18.8 Å². The summed E-state index contributed by atoms with van der Waals surface area (Å²) in [6.45, 7) is 1.61. The minimum Gasteiger partial charge on any atom is -0.465 e. The summed E-state index contributed by atoms with van der Waals surface area (Å²) in [5, 5.41) is 0. The molecule has 0 radical (unpaired) electrons. The van der Waals surface area contributed by atoms with Crippen LogP contribution in [0.1, 0.15) is 28.9 Å². The van der Waals surface area contributed by atoms with Crippen molar-refractivity contribution in [3.63, 3.8) is 0 Å². The van der Waals surface area contributed by atoms with E-state index >= 15 is 0 Å². The molecule has 0 amide bonds. The van der Waals surface area contributed by atoms with Gasteiger partial charge in [-0.25, -0.2) is 13.2 Å². The van der Waals surface area contributed by atoms with E-state index in [-0.39, 0.29) is 0 Å². The Morgan fingerprint density at radius 3 is 2.25 bits per heavy atom. The summed E-state index contributed by atoms with van der Waals surface area (Å²) in [6, 6.07) is 6.35. The Morgan fingerprint density at radius 1 is 1.25 bits per heavy atom. The summed E-state index contributed by atoms with van der Waals surface area (Å²) in [5.41, 5.74) is 1.08. The van der Waals surface area contributed by atoms with Crippen LogP contribution < -0.4 is 0 Å². The molecule has 1 unspecified atom stereocenters. The van der Waals surface area contributed by atoms with Crippen molar-refractivity contribution in [3.8, 4) is 0 Å². The van der Waals surface area contributed by atoms with Gasteiger partial charge in [-0.1, -0.05) is 12.1 Å². The second-order valence-electron chi connectivity index (χ2n) is 3.08. The zero-order chi connectivity index (χ0) is 12.1. The van der Waals surface area contributed by atoms with Crippen molar-refractivity contribution >= 4 is 17.0 Å². The molecule has 1 atom stereocenters. The van der Waals surface area contributed by atoms with Gasteiger partial charge in [-0.05, 0) is 24.6 Å². The first-order valence-electron chi connectivity index (χ1n) is 4.54. The number of benzene rings is 1.